The molecule has 1 aliphatic rings. The molecule has 0 unspecified atom stereocenters. The van der Waals surface area contributed by atoms with E-state index in [1.165, 1.54) is 11.1 Å². The third kappa shape index (κ3) is 3.78. The lowest BCUT2D eigenvalue weighted by atomic mass is 10.0. The van der Waals surface area contributed by atoms with Crippen LogP contribution < -0.4 is 11.3 Å². The molecular formula is C22H24N4O. The SMILES string of the molecule is CCc1ccc(CN2CCc3nc(-c4ccc(N)cc4)[nH]c(=O)c3C2)cc1. The smallest absolute Gasteiger partial charge is 0.255 e. The van der Waals surface area contributed by atoms with E-state index < -0.39 is 0 Å². The molecule has 1 aromatic heterocycles. The lowest BCUT2D eigenvalue weighted by Gasteiger charge is -2.27. The van der Waals surface area contributed by atoms with Crippen LogP contribution >= 0.6 is 0 Å². The third-order valence-corrected chi connectivity index (χ3v) is 5.17. The van der Waals surface area contributed by atoms with Gasteiger partial charge in [0.05, 0.1) is 11.3 Å². The van der Waals surface area contributed by atoms with Crippen LogP contribution in [0.25, 0.3) is 11.4 Å². The molecular weight excluding hydrogens is 336 g/mol. The minimum absolute atomic E-state index is 0.0437. The highest BCUT2D eigenvalue weighted by Crippen LogP contribution is 2.21. The summed E-state index contributed by atoms with van der Waals surface area (Å²) in [6.07, 6.45) is 1.84. The van der Waals surface area contributed by atoms with Gasteiger partial charge < -0.3 is 10.7 Å². The molecule has 3 aromatic rings. The first kappa shape index (κ1) is 17.5. The molecule has 0 spiro atoms. The normalized spacial score (nSPS) is 14.1. The predicted molar refractivity (Wildman–Crippen MR) is 108 cm³/mol. The number of benzene rings is 2. The van der Waals surface area contributed by atoms with Gasteiger partial charge in [0, 0.05) is 37.3 Å². The molecule has 2 heterocycles. The van der Waals surface area contributed by atoms with Crippen LogP contribution in [0.3, 0.4) is 0 Å². The number of nitrogen functional groups attached to an aromatic ring is 1. The van der Waals surface area contributed by atoms with Crippen molar-refractivity contribution in [1.29, 1.82) is 0 Å². The third-order valence-electron chi connectivity index (χ3n) is 5.17. The maximum atomic E-state index is 12.7. The number of H-pyrrole nitrogens is 1. The van der Waals surface area contributed by atoms with Gasteiger partial charge in [-0.3, -0.25) is 9.69 Å². The van der Waals surface area contributed by atoms with Crippen molar-refractivity contribution in [3.8, 4) is 11.4 Å². The summed E-state index contributed by atoms with van der Waals surface area (Å²) in [4.78, 5) is 22.6. The summed E-state index contributed by atoms with van der Waals surface area (Å²) in [7, 11) is 0. The Kier molecular flexibility index (Phi) is 4.77. The number of anilines is 1. The summed E-state index contributed by atoms with van der Waals surface area (Å²) in [5.41, 5.74) is 11.6. The summed E-state index contributed by atoms with van der Waals surface area (Å²) in [5, 5.41) is 0. The first-order valence-electron chi connectivity index (χ1n) is 9.40. The highest BCUT2D eigenvalue weighted by atomic mass is 16.1. The molecule has 0 amide bonds. The van der Waals surface area contributed by atoms with Gasteiger partial charge in [-0.25, -0.2) is 4.98 Å². The fourth-order valence-corrected chi connectivity index (χ4v) is 3.53. The number of nitrogens with one attached hydrogen (secondary N) is 1. The number of hydrogen-bond acceptors (Lipinski definition) is 4. The molecule has 0 aliphatic carbocycles. The number of aromatic nitrogens is 2. The molecule has 0 fully saturated rings. The van der Waals surface area contributed by atoms with Crippen molar-refractivity contribution in [2.45, 2.75) is 32.9 Å². The van der Waals surface area contributed by atoms with Gasteiger partial charge in [-0.15, -0.1) is 0 Å². The van der Waals surface area contributed by atoms with E-state index in [4.69, 9.17) is 10.7 Å². The predicted octanol–water partition coefficient (Wildman–Crippen LogP) is 3.14. The number of aromatic amines is 1. The van der Waals surface area contributed by atoms with Crippen molar-refractivity contribution < 1.29 is 0 Å². The van der Waals surface area contributed by atoms with Crippen LogP contribution in [0.2, 0.25) is 0 Å². The quantitative estimate of drug-likeness (QED) is 0.701. The van der Waals surface area contributed by atoms with Gasteiger partial charge >= 0.3 is 0 Å². The molecule has 0 bridgehead atoms. The molecule has 5 heteroatoms. The van der Waals surface area contributed by atoms with Crippen LogP contribution in [-0.4, -0.2) is 21.4 Å². The second kappa shape index (κ2) is 7.37. The van der Waals surface area contributed by atoms with Gasteiger partial charge in [0.2, 0.25) is 0 Å². The van der Waals surface area contributed by atoms with E-state index in [0.29, 0.717) is 18.1 Å². The van der Waals surface area contributed by atoms with E-state index in [9.17, 15) is 4.79 Å². The van der Waals surface area contributed by atoms with Crippen molar-refractivity contribution in [3.05, 3.63) is 81.3 Å². The highest BCUT2D eigenvalue weighted by Gasteiger charge is 2.21. The number of nitrogens with zero attached hydrogens (tertiary/aromatic N) is 2. The number of aryl methyl sites for hydroxylation is 1. The van der Waals surface area contributed by atoms with Gasteiger partial charge in [-0.1, -0.05) is 31.2 Å². The Balaban J connectivity index is 1.54. The first-order chi connectivity index (χ1) is 13.1. The lowest BCUT2D eigenvalue weighted by molar-refractivity contribution is 0.242. The summed E-state index contributed by atoms with van der Waals surface area (Å²) < 4.78 is 0. The van der Waals surface area contributed by atoms with Crippen LogP contribution in [0.4, 0.5) is 5.69 Å². The van der Waals surface area contributed by atoms with E-state index in [2.05, 4.69) is 41.1 Å². The second-order valence-corrected chi connectivity index (χ2v) is 7.09. The maximum absolute atomic E-state index is 12.7. The maximum Gasteiger partial charge on any atom is 0.255 e. The molecule has 5 nitrogen and oxygen atoms in total. The Bertz CT molecular complexity index is 990. The largest absolute Gasteiger partial charge is 0.399 e. The minimum atomic E-state index is -0.0437. The Morgan fingerprint density at radius 2 is 1.78 bits per heavy atom. The molecule has 27 heavy (non-hydrogen) atoms. The Morgan fingerprint density at radius 3 is 2.48 bits per heavy atom. The average Bonchev–Trinajstić information content (AvgIpc) is 2.69. The average molecular weight is 360 g/mol. The second-order valence-electron chi connectivity index (χ2n) is 7.09. The Morgan fingerprint density at radius 1 is 1.07 bits per heavy atom. The summed E-state index contributed by atoms with van der Waals surface area (Å²) >= 11 is 0. The van der Waals surface area contributed by atoms with Gasteiger partial charge in [0.15, 0.2) is 0 Å². The van der Waals surface area contributed by atoms with Gasteiger partial charge in [-0.2, -0.15) is 0 Å². The summed E-state index contributed by atoms with van der Waals surface area (Å²) in [5.74, 6) is 0.613. The molecule has 4 rings (SSSR count). The zero-order valence-corrected chi connectivity index (χ0v) is 15.5. The van der Waals surface area contributed by atoms with Gasteiger partial charge in [0.25, 0.3) is 5.56 Å². The van der Waals surface area contributed by atoms with E-state index >= 15 is 0 Å². The molecule has 0 saturated carbocycles. The zero-order valence-electron chi connectivity index (χ0n) is 15.5. The minimum Gasteiger partial charge on any atom is -0.399 e. The van der Waals surface area contributed by atoms with Crippen molar-refractivity contribution >= 4 is 5.69 Å². The van der Waals surface area contributed by atoms with Crippen molar-refractivity contribution in [3.63, 3.8) is 0 Å². The van der Waals surface area contributed by atoms with Crippen molar-refractivity contribution in [1.82, 2.24) is 14.9 Å². The van der Waals surface area contributed by atoms with Crippen LogP contribution in [0.5, 0.6) is 0 Å². The van der Waals surface area contributed by atoms with Crippen LogP contribution in [0.1, 0.15) is 29.3 Å². The molecule has 0 saturated heterocycles. The molecule has 1 aliphatic heterocycles. The topological polar surface area (TPSA) is 75.0 Å². The fraction of sp³-hybridized carbons (Fsp3) is 0.273. The molecule has 138 valence electrons. The van der Waals surface area contributed by atoms with Crippen molar-refractivity contribution in [2.75, 3.05) is 12.3 Å². The number of hydrogen-bond donors (Lipinski definition) is 2. The van der Waals surface area contributed by atoms with Crippen LogP contribution in [0.15, 0.2) is 53.3 Å². The summed E-state index contributed by atoms with van der Waals surface area (Å²) in [6, 6.07) is 16.1. The van der Waals surface area contributed by atoms with Gasteiger partial charge in [0.1, 0.15) is 5.82 Å². The number of nitrogens with two attached hydrogens (primary N) is 1. The molecule has 0 atom stereocenters. The Labute approximate surface area is 158 Å². The van der Waals surface area contributed by atoms with Crippen LogP contribution in [0, 0.1) is 0 Å². The van der Waals surface area contributed by atoms with Crippen molar-refractivity contribution in [2.24, 2.45) is 0 Å². The zero-order chi connectivity index (χ0) is 18.8. The van der Waals surface area contributed by atoms with E-state index in [-0.39, 0.29) is 5.56 Å². The molecule has 2 aromatic carbocycles. The molecule has 3 N–H and O–H groups in total. The molecule has 0 radical (unpaired) electrons. The highest BCUT2D eigenvalue weighted by molar-refractivity contribution is 5.58. The monoisotopic (exact) mass is 360 g/mol. The standard InChI is InChI=1S/C22H24N4O/c1-2-15-3-5-16(6-4-15)13-26-12-11-20-19(14-26)22(27)25-21(24-20)17-7-9-18(23)10-8-17/h3-10H,2,11-14,23H2,1H3,(H,24,25,27). The number of rotatable bonds is 4. The Hall–Kier alpha value is -2.92. The number of fused-ring (bicyclic) bond motifs is 1. The van der Waals surface area contributed by atoms with E-state index in [1.54, 1.807) is 0 Å². The van der Waals surface area contributed by atoms with E-state index in [1.807, 2.05) is 24.3 Å². The summed E-state index contributed by atoms with van der Waals surface area (Å²) in [6.45, 7) is 4.55. The van der Waals surface area contributed by atoms with Crippen LogP contribution in [-0.2, 0) is 25.9 Å². The van der Waals surface area contributed by atoms with Gasteiger partial charge in [-0.05, 0) is 41.8 Å². The lowest BCUT2D eigenvalue weighted by Crippen LogP contribution is -2.35. The fourth-order valence-electron chi connectivity index (χ4n) is 3.53. The first-order valence-corrected chi connectivity index (χ1v) is 9.40. The van der Waals surface area contributed by atoms with E-state index in [0.717, 1.165) is 42.8 Å².